The van der Waals surface area contributed by atoms with Crippen molar-refractivity contribution in [1.82, 2.24) is 20.2 Å². The van der Waals surface area contributed by atoms with Crippen molar-refractivity contribution in [3.05, 3.63) is 5.82 Å². The molecule has 0 radical (unpaired) electrons. The molecule has 1 aromatic heterocycles. The largest absolute Gasteiger partial charge is 0.229 e. The maximum Gasteiger partial charge on any atom is 0.166 e. The van der Waals surface area contributed by atoms with Gasteiger partial charge in [-0.1, -0.05) is 0 Å². The molecular weight excluding hydrogens is 192 g/mol. The van der Waals surface area contributed by atoms with Crippen LogP contribution in [0.1, 0.15) is 24.7 Å². The van der Waals surface area contributed by atoms with E-state index in [4.69, 9.17) is 0 Å². The van der Waals surface area contributed by atoms with E-state index in [-0.39, 0.29) is 5.75 Å². The van der Waals surface area contributed by atoms with Crippen LogP contribution in [-0.4, -0.2) is 34.9 Å². The summed E-state index contributed by atoms with van der Waals surface area (Å²) in [5, 5.41) is 10.9. The molecular formula is C6H10N4O2S. The first kappa shape index (κ1) is 8.61. The molecule has 1 aliphatic rings. The number of nitrogens with zero attached hydrogens (tertiary/aromatic N) is 4. The second-order valence-electron chi connectivity index (χ2n) is 3.34. The van der Waals surface area contributed by atoms with Crippen LogP contribution in [0.25, 0.3) is 0 Å². The number of hydrogen-bond acceptors (Lipinski definition) is 5. The van der Waals surface area contributed by atoms with Crippen molar-refractivity contribution in [3.63, 3.8) is 0 Å². The highest BCUT2D eigenvalue weighted by molar-refractivity contribution is 7.89. The number of sulfone groups is 1. The van der Waals surface area contributed by atoms with E-state index in [0.717, 1.165) is 12.8 Å². The van der Waals surface area contributed by atoms with E-state index in [9.17, 15) is 8.42 Å². The maximum atomic E-state index is 11.0. The Labute approximate surface area is 75.9 Å². The second kappa shape index (κ2) is 2.76. The molecule has 0 spiro atoms. The summed E-state index contributed by atoms with van der Waals surface area (Å²) in [7, 11) is -3.04. The van der Waals surface area contributed by atoms with Crippen LogP contribution < -0.4 is 0 Å². The highest BCUT2D eigenvalue weighted by Crippen LogP contribution is 2.34. The maximum absolute atomic E-state index is 11.0. The Kier molecular flexibility index (Phi) is 1.83. The summed E-state index contributed by atoms with van der Waals surface area (Å²) >= 11 is 0. The van der Waals surface area contributed by atoms with E-state index >= 15 is 0 Å². The Morgan fingerprint density at radius 2 is 2.23 bits per heavy atom. The standard InChI is InChI=1S/C6H10N4O2S/c1-13(11,12)4-6-7-8-9-10(6)5-2-3-5/h5H,2-4H2,1H3. The van der Waals surface area contributed by atoms with Crippen LogP contribution in [0.3, 0.4) is 0 Å². The van der Waals surface area contributed by atoms with Gasteiger partial charge in [0.2, 0.25) is 0 Å². The molecule has 6 nitrogen and oxygen atoms in total. The lowest BCUT2D eigenvalue weighted by Crippen LogP contribution is -2.09. The highest BCUT2D eigenvalue weighted by atomic mass is 32.2. The summed E-state index contributed by atoms with van der Waals surface area (Å²) in [5.74, 6) is 0.376. The van der Waals surface area contributed by atoms with Gasteiger partial charge < -0.3 is 0 Å². The van der Waals surface area contributed by atoms with Gasteiger partial charge in [-0.25, -0.2) is 13.1 Å². The molecule has 0 atom stereocenters. The summed E-state index contributed by atoms with van der Waals surface area (Å²) in [6.45, 7) is 0. The van der Waals surface area contributed by atoms with Crippen LogP contribution in [0.15, 0.2) is 0 Å². The van der Waals surface area contributed by atoms with Gasteiger partial charge in [0.05, 0.1) is 6.04 Å². The van der Waals surface area contributed by atoms with Gasteiger partial charge in [-0.15, -0.1) is 5.10 Å². The minimum absolute atomic E-state index is 0.0729. The molecule has 1 aromatic rings. The first-order valence-electron chi connectivity index (χ1n) is 4.01. The monoisotopic (exact) mass is 202 g/mol. The molecule has 0 amide bonds. The molecule has 0 bridgehead atoms. The number of rotatable bonds is 3. The lowest BCUT2D eigenvalue weighted by atomic mass is 10.6. The first-order chi connectivity index (χ1) is 6.06. The van der Waals surface area contributed by atoms with Crippen LogP contribution in [0.4, 0.5) is 0 Å². The van der Waals surface area contributed by atoms with Gasteiger partial charge in [0, 0.05) is 6.26 Å². The van der Waals surface area contributed by atoms with Crippen molar-refractivity contribution in [2.24, 2.45) is 0 Å². The van der Waals surface area contributed by atoms with Crippen molar-refractivity contribution in [3.8, 4) is 0 Å². The van der Waals surface area contributed by atoms with Gasteiger partial charge in [-0.05, 0) is 23.3 Å². The minimum Gasteiger partial charge on any atom is -0.229 e. The fraction of sp³-hybridized carbons (Fsp3) is 0.833. The lowest BCUT2D eigenvalue weighted by molar-refractivity contribution is 0.577. The molecule has 1 saturated carbocycles. The summed E-state index contributed by atoms with van der Waals surface area (Å²) in [4.78, 5) is 0. The number of aromatic nitrogens is 4. The Morgan fingerprint density at radius 3 is 2.77 bits per heavy atom. The average Bonchev–Trinajstić information content (AvgIpc) is 2.72. The van der Waals surface area contributed by atoms with E-state index in [1.165, 1.54) is 6.26 Å². The SMILES string of the molecule is CS(=O)(=O)Cc1nnnn1C1CC1. The van der Waals surface area contributed by atoms with Crippen LogP contribution in [0, 0.1) is 0 Å². The van der Waals surface area contributed by atoms with Gasteiger partial charge in [0.1, 0.15) is 5.75 Å². The second-order valence-corrected chi connectivity index (χ2v) is 5.48. The van der Waals surface area contributed by atoms with Crippen LogP contribution in [-0.2, 0) is 15.6 Å². The Hall–Kier alpha value is -0.980. The zero-order valence-corrected chi connectivity index (χ0v) is 8.03. The van der Waals surface area contributed by atoms with E-state index in [2.05, 4.69) is 15.5 Å². The molecule has 1 heterocycles. The molecule has 0 unspecified atom stereocenters. The normalized spacial score (nSPS) is 17.6. The number of tetrazole rings is 1. The lowest BCUT2D eigenvalue weighted by Gasteiger charge is -1.99. The third-order valence-corrected chi connectivity index (χ3v) is 2.63. The summed E-state index contributed by atoms with van der Waals surface area (Å²) in [6.07, 6.45) is 3.27. The van der Waals surface area contributed by atoms with Crippen molar-refractivity contribution in [1.29, 1.82) is 0 Å². The highest BCUT2D eigenvalue weighted by Gasteiger charge is 2.28. The predicted molar refractivity (Wildman–Crippen MR) is 44.6 cm³/mol. The smallest absolute Gasteiger partial charge is 0.166 e. The molecule has 0 N–H and O–H groups in total. The van der Waals surface area contributed by atoms with E-state index in [1.807, 2.05) is 0 Å². The summed E-state index contributed by atoms with van der Waals surface area (Å²) < 4.78 is 23.6. The van der Waals surface area contributed by atoms with E-state index in [1.54, 1.807) is 4.68 Å². The van der Waals surface area contributed by atoms with E-state index in [0.29, 0.717) is 11.9 Å². The quantitative estimate of drug-likeness (QED) is 0.663. The van der Waals surface area contributed by atoms with Gasteiger partial charge >= 0.3 is 0 Å². The van der Waals surface area contributed by atoms with Gasteiger partial charge in [-0.2, -0.15) is 0 Å². The van der Waals surface area contributed by atoms with Crippen LogP contribution in [0.2, 0.25) is 0 Å². The molecule has 7 heteroatoms. The first-order valence-corrected chi connectivity index (χ1v) is 6.07. The predicted octanol–water partition coefficient (Wildman–Crippen LogP) is -0.447. The van der Waals surface area contributed by atoms with Gasteiger partial charge in [0.15, 0.2) is 15.7 Å². The third-order valence-electron chi connectivity index (χ3n) is 1.85. The third kappa shape index (κ3) is 2.03. The fourth-order valence-corrected chi connectivity index (χ4v) is 1.80. The van der Waals surface area contributed by atoms with E-state index < -0.39 is 9.84 Å². The molecule has 72 valence electrons. The topological polar surface area (TPSA) is 77.7 Å². The fourth-order valence-electron chi connectivity index (χ4n) is 1.14. The number of hydrogen-bond donors (Lipinski definition) is 0. The molecule has 0 aromatic carbocycles. The molecule has 0 aliphatic heterocycles. The van der Waals surface area contributed by atoms with Gasteiger partial charge in [0.25, 0.3) is 0 Å². The minimum atomic E-state index is -3.04. The van der Waals surface area contributed by atoms with Crippen molar-refractivity contribution >= 4 is 9.84 Å². The average molecular weight is 202 g/mol. The molecule has 1 aliphatic carbocycles. The zero-order valence-electron chi connectivity index (χ0n) is 7.21. The van der Waals surface area contributed by atoms with Crippen molar-refractivity contribution in [2.75, 3.05) is 6.26 Å². The van der Waals surface area contributed by atoms with Gasteiger partial charge in [-0.3, -0.25) is 0 Å². The molecule has 2 rings (SSSR count). The Morgan fingerprint density at radius 1 is 1.54 bits per heavy atom. The Bertz CT molecular complexity index is 406. The molecule has 0 saturated heterocycles. The van der Waals surface area contributed by atoms with Crippen molar-refractivity contribution < 1.29 is 8.42 Å². The molecule has 1 fully saturated rings. The van der Waals surface area contributed by atoms with Crippen LogP contribution >= 0.6 is 0 Å². The molecule has 13 heavy (non-hydrogen) atoms. The Balaban J connectivity index is 2.24. The van der Waals surface area contributed by atoms with Crippen LogP contribution in [0.5, 0.6) is 0 Å². The summed E-state index contributed by atoms with van der Waals surface area (Å²) in [5.41, 5.74) is 0. The van der Waals surface area contributed by atoms with Crippen molar-refractivity contribution in [2.45, 2.75) is 24.6 Å². The summed E-state index contributed by atoms with van der Waals surface area (Å²) in [6, 6.07) is 0.326. The zero-order chi connectivity index (χ0) is 9.47.